The van der Waals surface area contributed by atoms with Gasteiger partial charge in [-0.3, -0.25) is 4.79 Å². The summed E-state index contributed by atoms with van der Waals surface area (Å²) in [5.41, 5.74) is 1.26. The molecule has 31 heavy (non-hydrogen) atoms. The quantitative estimate of drug-likeness (QED) is 0.572. The van der Waals surface area contributed by atoms with Crippen LogP contribution in [0.5, 0.6) is 0 Å². The second kappa shape index (κ2) is 10.0. The zero-order chi connectivity index (χ0) is 22.4. The van der Waals surface area contributed by atoms with Gasteiger partial charge in [0.15, 0.2) is 0 Å². The van der Waals surface area contributed by atoms with Gasteiger partial charge in [-0.25, -0.2) is 13.6 Å². The third-order valence-corrected chi connectivity index (χ3v) is 5.13. The molecule has 0 atom stereocenters. The van der Waals surface area contributed by atoms with Gasteiger partial charge in [0.1, 0.15) is 24.3 Å². The summed E-state index contributed by atoms with van der Waals surface area (Å²) in [5, 5.41) is 6.66. The topological polar surface area (TPSA) is 80.2 Å². The monoisotopic (exact) mass is 431 g/mol. The van der Waals surface area contributed by atoms with E-state index in [1.807, 2.05) is 0 Å². The lowest BCUT2D eigenvalue weighted by molar-refractivity contribution is 0.101. The minimum Gasteiger partial charge on any atom is -0.453 e. The molecule has 1 N–H and O–H groups in total. The Morgan fingerprint density at radius 3 is 2.19 bits per heavy atom. The van der Waals surface area contributed by atoms with E-state index in [1.165, 1.54) is 20.3 Å². The molecule has 0 bridgehead atoms. The molecule has 1 heterocycles. The van der Waals surface area contributed by atoms with Gasteiger partial charge in [0, 0.05) is 24.7 Å². The number of nitrogens with zero attached hydrogens (tertiary/aromatic N) is 2. The van der Waals surface area contributed by atoms with E-state index >= 15 is 0 Å². The van der Waals surface area contributed by atoms with Crippen molar-refractivity contribution in [3.8, 4) is 0 Å². The summed E-state index contributed by atoms with van der Waals surface area (Å²) < 4.78 is 32.4. The fourth-order valence-electron chi connectivity index (χ4n) is 3.56. The van der Waals surface area contributed by atoms with Gasteiger partial charge in [0.25, 0.3) is 5.91 Å². The number of carbonyl (C=O) groups excluding carboxylic acids is 2. The first-order chi connectivity index (χ1) is 14.9. The van der Waals surface area contributed by atoms with Crippen molar-refractivity contribution in [2.45, 2.75) is 12.8 Å². The van der Waals surface area contributed by atoms with Crippen molar-refractivity contribution < 1.29 is 27.9 Å². The first-order valence-corrected chi connectivity index (χ1v) is 9.74. The second-order valence-corrected chi connectivity index (χ2v) is 7.02. The van der Waals surface area contributed by atoms with Crippen molar-refractivity contribution in [3.05, 3.63) is 65.2 Å². The van der Waals surface area contributed by atoms with Crippen LogP contribution in [0.2, 0.25) is 0 Å². The molecule has 3 rings (SSSR count). The summed E-state index contributed by atoms with van der Waals surface area (Å²) in [6.45, 7) is 1.09. The Bertz CT molecular complexity index is 951. The molecule has 0 unspecified atom stereocenters. The number of piperidine rings is 1. The van der Waals surface area contributed by atoms with E-state index in [1.54, 1.807) is 29.2 Å². The normalized spacial score (nSPS) is 14.8. The third kappa shape index (κ3) is 5.17. The lowest BCUT2D eigenvalue weighted by atomic mass is 9.88. The smallest absolute Gasteiger partial charge is 0.409 e. The van der Waals surface area contributed by atoms with E-state index in [4.69, 9.17) is 9.57 Å². The van der Waals surface area contributed by atoms with Crippen LogP contribution in [0.1, 0.15) is 28.8 Å². The number of ether oxygens (including phenoxy) is 1. The van der Waals surface area contributed by atoms with E-state index in [2.05, 4.69) is 10.5 Å². The van der Waals surface area contributed by atoms with Crippen LogP contribution in [0.25, 0.3) is 0 Å². The molecule has 0 spiro atoms. The molecule has 1 aliphatic rings. The van der Waals surface area contributed by atoms with E-state index in [0.29, 0.717) is 31.6 Å². The van der Waals surface area contributed by atoms with Crippen LogP contribution >= 0.6 is 0 Å². The maximum Gasteiger partial charge on any atom is 0.409 e. The Hall–Kier alpha value is -3.49. The van der Waals surface area contributed by atoms with Crippen LogP contribution in [-0.4, -0.2) is 49.9 Å². The van der Waals surface area contributed by atoms with Crippen molar-refractivity contribution in [3.63, 3.8) is 0 Å². The molecule has 0 aliphatic carbocycles. The van der Waals surface area contributed by atoms with Crippen LogP contribution in [0.4, 0.5) is 19.3 Å². The molecule has 0 radical (unpaired) electrons. The maximum atomic E-state index is 13.8. The summed E-state index contributed by atoms with van der Waals surface area (Å²) in [6.07, 6.45) is 1.04. The minimum absolute atomic E-state index is 0.0776. The van der Waals surface area contributed by atoms with Crippen LogP contribution in [-0.2, 0) is 9.57 Å². The summed E-state index contributed by atoms with van der Waals surface area (Å²) in [4.78, 5) is 30.6. The Morgan fingerprint density at radius 1 is 1.03 bits per heavy atom. The Balaban J connectivity index is 1.71. The highest BCUT2D eigenvalue weighted by Crippen LogP contribution is 2.24. The van der Waals surface area contributed by atoms with Crippen LogP contribution < -0.4 is 5.32 Å². The number of anilines is 1. The zero-order valence-corrected chi connectivity index (χ0v) is 17.2. The molecular formula is C22H23F2N3O4. The average molecular weight is 431 g/mol. The molecule has 2 aromatic carbocycles. The predicted octanol–water partition coefficient (Wildman–Crippen LogP) is 4.05. The summed E-state index contributed by atoms with van der Waals surface area (Å²) in [7, 11) is 2.81. The van der Waals surface area contributed by atoms with E-state index < -0.39 is 23.1 Å². The van der Waals surface area contributed by atoms with Crippen LogP contribution in [0.15, 0.2) is 47.6 Å². The summed E-state index contributed by atoms with van der Waals surface area (Å²) in [6, 6.07) is 10.00. The lowest BCUT2D eigenvalue weighted by Gasteiger charge is -2.31. The molecule has 2 aromatic rings. The Kier molecular flexibility index (Phi) is 7.17. The van der Waals surface area contributed by atoms with E-state index in [9.17, 15) is 18.4 Å². The number of likely N-dealkylation sites (tertiary alicyclic amines) is 1. The summed E-state index contributed by atoms with van der Waals surface area (Å²) >= 11 is 0. The zero-order valence-electron chi connectivity index (χ0n) is 17.2. The molecular weight excluding hydrogens is 408 g/mol. The standard InChI is InChI=1S/C22H23F2N3O4/c1-30-22(29)27-12-10-15(11-13-27)20(26-31-2)14-6-8-16(9-7-14)25-21(28)19-17(23)4-3-5-18(19)24/h3-9,15H,10-13H2,1-2H3,(H,25,28)/b26-20-. The molecule has 0 aromatic heterocycles. The summed E-state index contributed by atoms with van der Waals surface area (Å²) in [5.74, 6) is -2.65. The highest BCUT2D eigenvalue weighted by molar-refractivity contribution is 6.05. The van der Waals surface area contributed by atoms with Gasteiger partial charge < -0.3 is 19.8 Å². The SMILES string of the molecule is CO/N=C(/c1ccc(NC(=O)c2c(F)cccc2F)cc1)C1CCN(C(=O)OC)CC1. The van der Waals surface area contributed by atoms with Crippen molar-refractivity contribution >= 4 is 23.4 Å². The fourth-order valence-corrected chi connectivity index (χ4v) is 3.56. The Labute approximate surface area is 178 Å². The fraction of sp³-hybridized carbons (Fsp3) is 0.318. The van der Waals surface area contributed by atoms with Gasteiger partial charge in [-0.1, -0.05) is 23.4 Å². The average Bonchev–Trinajstić information content (AvgIpc) is 2.77. The minimum atomic E-state index is -0.929. The van der Waals surface area contributed by atoms with Gasteiger partial charge in [-0.15, -0.1) is 0 Å². The molecule has 0 saturated carbocycles. The van der Waals surface area contributed by atoms with Gasteiger partial charge >= 0.3 is 6.09 Å². The third-order valence-electron chi connectivity index (χ3n) is 5.13. The van der Waals surface area contributed by atoms with E-state index in [0.717, 1.165) is 23.4 Å². The molecule has 1 aliphatic heterocycles. The number of nitrogens with one attached hydrogen (secondary N) is 1. The molecule has 164 valence electrons. The highest BCUT2D eigenvalue weighted by Gasteiger charge is 2.27. The number of hydrogen-bond acceptors (Lipinski definition) is 5. The van der Waals surface area contributed by atoms with Crippen LogP contribution in [0, 0.1) is 17.6 Å². The highest BCUT2D eigenvalue weighted by atomic mass is 19.1. The van der Waals surface area contributed by atoms with Gasteiger partial charge in [0.05, 0.1) is 12.8 Å². The van der Waals surface area contributed by atoms with Gasteiger partial charge in [-0.05, 0) is 42.7 Å². The number of amides is 2. The first-order valence-electron chi connectivity index (χ1n) is 9.74. The predicted molar refractivity (Wildman–Crippen MR) is 111 cm³/mol. The number of methoxy groups -OCH3 is 1. The van der Waals surface area contributed by atoms with Crippen molar-refractivity contribution in [2.24, 2.45) is 11.1 Å². The first kappa shape index (κ1) is 22.2. The van der Waals surface area contributed by atoms with Crippen molar-refractivity contribution in [1.29, 1.82) is 0 Å². The number of oxime groups is 1. The Morgan fingerprint density at radius 2 is 1.65 bits per heavy atom. The van der Waals surface area contributed by atoms with E-state index in [-0.39, 0.29) is 12.0 Å². The van der Waals surface area contributed by atoms with Gasteiger partial charge in [-0.2, -0.15) is 0 Å². The molecule has 1 saturated heterocycles. The number of benzene rings is 2. The molecule has 1 fully saturated rings. The van der Waals surface area contributed by atoms with Crippen molar-refractivity contribution in [1.82, 2.24) is 4.90 Å². The molecule has 7 nitrogen and oxygen atoms in total. The molecule has 9 heteroatoms. The second-order valence-electron chi connectivity index (χ2n) is 7.02. The van der Waals surface area contributed by atoms with Gasteiger partial charge in [0.2, 0.25) is 0 Å². The number of hydrogen-bond donors (Lipinski definition) is 1. The largest absolute Gasteiger partial charge is 0.453 e. The van der Waals surface area contributed by atoms with Crippen molar-refractivity contribution in [2.75, 3.05) is 32.6 Å². The maximum absolute atomic E-state index is 13.8. The number of rotatable bonds is 5. The van der Waals surface area contributed by atoms with Crippen LogP contribution in [0.3, 0.4) is 0 Å². The number of halogens is 2. The molecule has 2 amide bonds. The lowest BCUT2D eigenvalue weighted by Crippen LogP contribution is -2.40. The number of carbonyl (C=O) groups is 2.